The van der Waals surface area contributed by atoms with E-state index in [1.54, 1.807) is 0 Å². The Hall–Kier alpha value is -6.97. The molecule has 0 aliphatic rings. The van der Waals surface area contributed by atoms with Crippen molar-refractivity contribution in [3.05, 3.63) is 200 Å². The minimum Gasteiger partial charge on any atom is -0.208 e. The van der Waals surface area contributed by atoms with Gasteiger partial charge in [0.1, 0.15) is 0 Å². The standard InChI is InChI=1S/C49H33N3/c1-4-13-34(14-5-1)37-23-26-39(27-24-37)47-50-48(52-49(51-47)44-28-25-36-17-10-11-20-40(36)31-44)43-22-12-21-42(32-43)45-30-29-41(35-15-6-2-7-16-35)33-46(45)38-18-8-3-9-19-38/h1-33H. The van der Waals surface area contributed by atoms with Crippen LogP contribution in [0.2, 0.25) is 0 Å². The third-order valence-corrected chi connectivity index (χ3v) is 9.54. The molecule has 0 unspecified atom stereocenters. The zero-order valence-electron chi connectivity index (χ0n) is 28.4. The summed E-state index contributed by atoms with van der Waals surface area (Å²) in [5.74, 6) is 1.90. The molecule has 52 heavy (non-hydrogen) atoms. The minimum atomic E-state index is 0.629. The first-order chi connectivity index (χ1) is 25.7. The van der Waals surface area contributed by atoms with Gasteiger partial charge in [0.05, 0.1) is 0 Å². The quantitative estimate of drug-likeness (QED) is 0.170. The number of nitrogens with zero attached hydrogens (tertiary/aromatic N) is 3. The van der Waals surface area contributed by atoms with Crippen molar-refractivity contribution in [2.24, 2.45) is 0 Å². The predicted octanol–water partition coefficient (Wildman–Crippen LogP) is 12.7. The van der Waals surface area contributed by atoms with Crippen LogP contribution in [-0.2, 0) is 0 Å². The van der Waals surface area contributed by atoms with Crippen molar-refractivity contribution in [3.8, 4) is 78.7 Å². The van der Waals surface area contributed by atoms with Crippen molar-refractivity contribution < 1.29 is 0 Å². The highest BCUT2D eigenvalue weighted by Gasteiger charge is 2.16. The van der Waals surface area contributed by atoms with Gasteiger partial charge in [-0.15, -0.1) is 0 Å². The molecule has 1 heterocycles. The number of rotatable bonds is 7. The summed E-state index contributed by atoms with van der Waals surface area (Å²) in [6.45, 7) is 0. The summed E-state index contributed by atoms with van der Waals surface area (Å²) in [7, 11) is 0. The second-order valence-electron chi connectivity index (χ2n) is 12.9. The van der Waals surface area contributed by atoms with E-state index in [1.807, 2.05) is 6.07 Å². The van der Waals surface area contributed by atoms with Gasteiger partial charge in [0, 0.05) is 16.7 Å². The first kappa shape index (κ1) is 31.0. The van der Waals surface area contributed by atoms with E-state index in [2.05, 4.69) is 194 Å². The van der Waals surface area contributed by atoms with E-state index in [0.29, 0.717) is 17.5 Å². The van der Waals surface area contributed by atoms with E-state index in [-0.39, 0.29) is 0 Å². The fourth-order valence-electron chi connectivity index (χ4n) is 6.82. The molecule has 8 aromatic carbocycles. The number of fused-ring (bicyclic) bond motifs is 1. The molecule has 0 atom stereocenters. The molecule has 1 aromatic heterocycles. The second kappa shape index (κ2) is 13.7. The normalized spacial score (nSPS) is 11.1. The van der Waals surface area contributed by atoms with Crippen LogP contribution in [0.3, 0.4) is 0 Å². The molecule has 0 radical (unpaired) electrons. The van der Waals surface area contributed by atoms with Crippen LogP contribution in [0, 0.1) is 0 Å². The largest absolute Gasteiger partial charge is 0.208 e. The highest BCUT2D eigenvalue weighted by atomic mass is 15.0. The molecule has 3 nitrogen and oxygen atoms in total. The van der Waals surface area contributed by atoms with Crippen molar-refractivity contribution in [3.63, 3.8) is 0 Å². The zero-order valence-corrected chi connectivity index (χ0v) is 28.4. The predicted molar refractivity (Wildman–Crippen MR) is 215 cm³/mol. The fraction of sp³-hybridized carbons (Fsp3) is 0. The van der Waals surface area contributed by atoms with Crippen LogP contribution in [0.5, 0.6) is 0 Å². The molecule has 0 N–H and O–H groups in total. The van der Waals surface area contributed by atoms with Gasteiger partial charge in [0.25, 0.3) is 0 Å². The Balaban J connectivity index is 1.17. The Morgan fingerprint density at radius 3 is 1.33 bits per heavy atom. The first-order valence-electron chi connectivity index (χ1n) is 17.5. The average Bonchev–Trinajstić information content (AvgIpc) is 3.24. The Labute approximate surface area is 303 Å². The van der Waals surface area contributed by atoms with Crippen LogP contribution in [0.15, 0.2) is 200 Å². The van der Waals surface area contributed by atoms with E-state index >= 15 is 0 Å². The Morgan fingerprint density at radius 1 is 0.212 bits per heavy atom. The highest BCUT2D eigenvalue weighted by Crippen LogP contribution is 2.37. The van der Waals surface area contributed by atoms with Crippen LogP contribution >= 0.6 is 0 Å². The SMILES string of the molecule is c1ccc(-c2ccc(-c3nc(-c4cccc(-c5ccc(-c6ccccc6)cc5-c5ccccc5)c4)nc(-c4ccc5ccccc5c4)n3)cc2)cc1. The van der Waals surface area contributed by atoms with E-state index in [1.165, 1.54) is 33.2 Å². The van der Waals surface area contributed by atoms with Gasteiger partial charge in [-0.2, -0.15) is 0 Å². The minimum absolute atomic E-state index is 0.629. The van der Waals surface area contributed by atoms with Gasteiger partial charge in [0.2, 0.25) is 0 Å². The van der Waals surface area contributed by atoms with Gasteiger partial charge < -0.3 is 0 Å². The molecule has 0 aliphatic carbocycles. The lowest BCUT2D eigenvalue weighted by molar-refractivity contribution is 1.07. The second-order valence-corrected chi connectivity index (χ2v) is 12.9. The topological polar surface area (TPSA) is 38.7 Å². The van der Waals surface area contributed by atoms with Crippen LogP contribution in [-0.4, -0.2) is 15.0 Å². The molecule has 244 valence electrons. The molecule has 0 bridgehead atoms. The smallest absolute Gasteiger partial charge is 0.164 e. The molecule has 0 spiro atoms. The lowest BCUT2D eigenvalue weighted by Gasteiger charge is -2.14. The fourth-order valence-corrected chi connectivity index (χ4v) is 6.82. The van der Waals surface area contributed by atoms with E-state index in [9.17, 15) is 0 Å². The summed E-state index contributed by atoms with van der Waals surface area (Å²) >= 11 is 0. The van der Waals surface area contributed by atoms with Crippen molar-refractivity contribution in [2.45, 2.75) is 0 Å². The van der Waals surface area contributed by atoms with Crippen LogP contribution in [0.25, 0.3) is 89.4 Å². The average molecular weight is 664 g/mol. The summed E-state index contributed by atoms with van der Waals surface area (Å²) in [4.78, 5) is 15.3. The molecule has 0 aliphatic heterocycles. The van der Waals surface area contributed by atoms with Crippen molar-refractivity contribution in [1.82, 2.24) is 15.0 Å². The number of hydrogen-bond donors (Lipinski definition) is 0. The van der Waals surface area contributed by atoms with Gasteiger partial charge in [-0.3, -0.25) is 0 Å². The maximum atomic E-state index is 5.12. The van der Waals surface area contributed by atoms with Gasteiger partial charge in [-0.05, 0) is 73.5 Å². The summed E-state index contributed by atoms with van der Waals surface area (Å²) in [5, 5.41) is 2.32. The first-order valence-corrected chi connectivity index (χ1v) is 17.5. The van der Waals surface area contributed by atoms with Crippen molar-refractivity contribution >= 4 is 10.8 Å². The van der Waals surface area contributed by atoms with Crippen LogP contribution < -0.4 is 0 Å². The van der Waals surface area contributed by atoms with Gasteiger partial charge in [-0.1, -0.05) is 182 Å². The molecule has 0 saturated heterocycles. The highest BCUT2D eigenvalue weighted by molar-refractivity contribution is 5.89. The summed E-state index contributed by atoms with van der Waals surface area (Å²) < 4.78 is 0. The number of aromatic nitrogens is 3. The van der Waals surface area contributed by atoms with Crippen LogP contribution in [0.1, 0.15) is 0 Å². The summed E-state index contributed by atoms with van der Waals surface area (Å²) in [5.41, 5.74) is 12.1. The number of hydrogen-bond acceptors (Lipinski definition) is 3. The van der Waals surface area contributed by atoms with E-state index in [0.717, 1.165) is 38.8 Å². The Kier molecular flexibility index (Phi) is 8.20. The lowest BCUT2D eigenvalue weighted by atomic mass is 9.90. The molecule has 0 amide bonds. The van der Waals surface area contributed by atoms with Crippen LogP contribution in [0.4, 0.5) is 0 Å². The maximum Gasteiger partial charge on any atom is 0.164 e. The zero-order chi connectivity index (χ0) is 34.7. The molecular weight excluding hydrogens is 631 g/mol. The molecule has 9 rings (SSSR count). The molecular formula is C49H33N3. The summed E-state index contributed by atoms with van der Waals surface area (Å²) in [6.07, 6.45) is 0. The van der Waals surface area contributed by atoms with E-state index < -0.39 is 0 Å². The Morgan fingerprint density at radius 2 is 0.654 bits per heavy atom. The van der Waals surface area contributed by atoms with Crippen molar-refractivity contribution in [2.75, 3.05) is 0 Å². The molecule has 3 heteroatoms. The maximum absolute atomic E-state index is 5.12. The Bertz CT molecular complexity index is 2650. The van der Waals surface area contributed by atoms with Gasteiger partial charge in [-0.25, -0.2) is 15.0 Å². The summed E-state index contributed by atoms with van der Waals surface area (Å²) in [6, 6.07) is 70.1. The lowest BCUT2D eigenvalue weighted by Crippen LogP contribution is -2.00. The third-order valence-electron chi connectivity index (χ3n) is 9.54. The molecule has 0 fully saturated rings. The number of benzene rings is 8. The molecule has 9 aromatic rings. The van der Waals surface area contributed by atoms with Crippen molar-refractivity contribution in [1.29, 1.82) is 0 Å². The third kappa shape index (κ3) is 6.28. The van der Waals surface area contributed by atoms with Gasteiger partial charge >= 0.3 is 0 Å². The monoisotopic (exact) mass is 663 g/mol. The van der Waals surface area contributed by atoms with Gasteiger partial charge in [0.15, 0.2) is 17.5 Å². The molecule has 0 saturated carbocycles. The van der Waals surface area contributed by atoms with E-state index in [4.69, 9.17) is 15.0 Å².